The summed E-state index contributed by atoms with van der Waals surface area (Å²) >= 11 is 5.87. The van der Waals surface area contributed by atoms with Gasteiger partial charge in [-0.3, -0.25) is 0 Å². The van der Waals surface area contributed by atoms with Crippen LogP contribution in [0.5, 0.6) is 11.6 Å². The van der Waals surface area contributed by atoms with E-state index < -0.39 is 17.6 Å². The highest BCUT2D eigenvalue weighted by molar-refractivity contribution is 6.28. The third kappa shape index (κ3) is 3.48. The van der Waals surface area contributed by atoms with Gasteiger partial charge in [0.05, 0.1) is 5.56 Å². The molecule has 2 aromatic heterocycles. The van der Waals surface area contributed by atoms with Crippen LogP contribution in [0.15, 0.2) is 54.6 Å². The Kier molecular flexibility index (Phi) is 4.38. The summed E-state index contributed by atoms with van der Waals surface area (Å²) < 4.78 is 59.8. The van der Waals surface area contributed by atoms with Crippen molar-refractivity contribution in [1.82, 2.24) is 19.8 Å². The van der Waals surface area contributed by atoms with Crippen LogP contribution in [0.25, 0.3) is 16.8 Å². The minimum atomic E-state index is -4.53. The van der Waals surface area contributed by atoms with Crippen LogP contribution in [0.2, 0.25) is 5.28 Å². The predicted octanol–water partition coefficient (Wildman–Crippen LogP) is 5.39. The molecule has 0 saturated heterocycles. The van der Waals surface area contributed by atoms with E-state index in [1.54, 1.807) is 6.07 Å². The Hall–Kier alpha value is -3.20. The Morgan fingerprint density at radius 1 is 0.964 bits per heavy atom. The first-order chi connectivity index (χ1) is 13.3. The molecule has 4 aromatic rings. The molecule has 2 heterocycles. The van der Waals surface area contributed by atoms with Crippen LogP contribution in [-0.2, 0) is 6.18 Å². The van der Waals surface area contributed by atoms with Crippen molar-refractivity contribution in [3.05, 3.63) is 71.3 Å². The van der Waals surface area contributed by atoms with Gasteiger partial charge in [-0.05, 0) is 53.6 Å². The standard InChI is InChI=1S/C18H9ClF4N4O/c19-17-25-24-15-6-7-16(26-27(15)17)28-14-5-4-12(20)9-13(14)10-2-1-3-11(8-10)18(21,22)23/h1-9H. The third-order valence-corrected chi connectivity index (χ3v) is 4.09. The van der Waals surface area contributed by atoms with E-state index in [0.717, 1.165) is 24.3 Å². The highest BCUT2D eigenvalue weighted by Crippen LogP contribution is 2.37. The van der Waals surface area contributed by atoms with Crippen LogP contribution in [0.1, 0.15) is 5.56 Å². The molecule has 0 fully saturated rings. The lowest BCUT2D eigenvalue weighted by atomic mass is 10.0. The van der Waals surface area contributed by atoms with Crippen LogP contribution in [0.3, 0.4) is 0 Å². The normalized spacial score (nSPS) is 11.8. The zero-order valence-electron chi connectivity index (χ0n) is 13.8. The van der Waals surface area contributed by atoms with Gasteiger partial charge in [0.15, 0.2) is 5.65 Å². The zero-order chi connectivity index (χ0) is 19.9. The predicted molar refractivity (Wildman–Crippen MR) is 92.7 cm³/mol. The minimum Gasteiger partial charge on any atom is -0.437 e. The largest absolute Gasteiger partial charge is 0.437 e. The Labute approximate surface area is 160 Å². The van der Waals surface area contributed by atoms with E-state index in [0.29, 0.717) is 5.65 Å². The van der Waals surface area contributed by atoms with E-state index in [-0.39, 0.29) is 28.0 Å². The molecule has 0 bridgehead atoms. The van der Waals surface area contributed by atoms with Gasteiger partial charge in [0.25, 0.3) is 0 Å². The molecule has 0 aliphatic heterocycles. The fourth-order valence-electron chi connectivity index (χ4n) is 2.59. The number of halogens is 5. The molecule has 2 aromatic carbocycles. The summed E-state index contributed by atoms with van der Waals surface area (Å²) in [7, 11) is 0. The fraction of sp³-hybridized carbons (Fsp3) is 0.0556. The van der Waals surface area contributed by atoms with Crippen molar-refractivity contribution >= 4 is 17.2 Å². The fourth-order valence-corrected chi connectivity index (χ4v) is 2.76. The van der Waals surface area contributed by atoms with Crippen LogP contribution >= 0.6 is 11.6 Å². The van der Waals surface area contributed by atoms with Crippen molar-refractivity contribution in [3.8, 4) is 22.8 Å². The molecule has 142 valence electrons. The lowest BCUT2D eigenvalue weighted by Crippen LogP contribution is -2.04. The van der Waals surface area contributed by atoms with Crippen LogP contribution in [-0.4, -0.2) is 19.8 Å². The molecule has 0 amide bonds. The van der Waals surface area contributed by atoms with Crippen LogP contribution in [0.4, 0.5) is 17.6 Å². The first kappa shape index (κ1) is 18.2. The van der Waals surface area contributed by atoms with Gasteiger partial charge < -0.3 is 4.74 Å². The molecule has 0 aliphatic carbocycles. The molecule has 0 atom stereocenters. The summed E-state index contributed by atoms with van der Waals surface area (Å²) in [6.45, 7) is 0. The summed E-state index contributed by atoms with van der Waals surface area (Å²) in [5.41, 5.74) is -0.179. The number of benzene rings is 2. The van der Waals surface area contributed by atoms with Gasteiger partial charge >= 0.3 is 6.18 Å². The zero-order valence-corrected chi connectivity index (χ0v) is 14.5. The van der Waals surface area contributed by atoms with Crippen molar-refractivity contribution in [2.75, 3.05) is 0 Å². The number of fused-ring (bicyclic) bond motifs is 1. The summed E-state index contributed by atoms with van der Waals surface area (Å²) in [4.78, 5) is 0. The first-order valence-electron chi connectivity index (χ1n) is 7.84. The molecule has 0 aliphatic rings. The van der Waals surface area contributed by atoms with E-state index in [1.807, 2.05) is 0 Å². The molecular weight excluding hydrogens is 400 g/mol. The van der Waals surface area contributed by atoms with Crippen molar-refractivity contribution in [1.29, 1.82) is 0 Å². The number of ether oxygens (including phenoxy) is 1. The maximum absolute atomic E-state index is 13.8. The van der Waals surface area contributed by atoms with Gasteiger partial charge in [0.1, 0.15) is 11.6 Å². The van der Waals surface area contributed by atoms with Gasteiger partial charge in [-0.25, -0.2) is 4.39 Å². The Bertz CT molecular complexity index is 1180. The quantitative estimate of drug-likeness (QED) is 0.426. The van der Waals surface area contributed by atoms with Gasteiger partial charge in [0.2, 0.25) is 11.2 Å². The molecule has 0 saturated carbocycles. The lowest BCUT2D eigenvalue weighted by Gasteiger charge is -2.13. The first-order valence-corrected chi connectivity index (χ1v) is 8.22. The number of hydrogen-bond donors (Lipinski definition) is 0. The molecule has 5 nitrogen and oxygen atoms in total. The van der Waals surface area contributed by atoms with Gasteiger partial charge in [-0.1, -0.05) is 12.1 Å². The van der Waals surface area contributed by atoms with Crippen LogP contribution < -0.4 is 4.74 Å². The second-order valence-corrected chi connectivity index (χ2v) is 6.07. The number of hydrogen-bond acceptors (Lipinski definition) is 4. The minimum absolute atomic E-state index is 0.0117. The number of alkyl halides is 3. The summed E-state index contributed by atoms with van der Waals surface area (Å²) in [5.74, 6) is -0.421. The molecule has 0 radical (unpaired) electrons. The molecular formula is C18H9ClF4N4O. The molecule has 0 spiro atoms. The monoisotopic (exact) mass is 408 g/mol. The van der Waals surface area contributed by atoms with Gasteiger partial charge in [-0.15, -0.1) is 15.3 Å². The van der Waals surface area contributed by atoms with E-state index in [2.05, 4.69) is 15.3 Å². The Balaban J connectivity index is 1.77. The SMILES string of the molecule is Fc1ccc(Oc2ccc3nnc(Cl)n3n2)c(-c2cccc(C(F)(F)F)c2)c1. The number of rotatable bonds is 3. The van der Waals surface area contributed by atoms with Gasteiger partial charge in [-0.2, -0.15) is 17.7 Å². The van der Waals surface area contributed by atoms with Crippen LogP contribution in [0, 0.1) is 5.82 Å². The topological polar surface area (TPSA) is 52.3 Å². The van der Waals surface area contributed by atoms with E-state index in [4.69, 9.17) is 16.3 Å². The molecule has 0 N–H and O–H groups in total. The molecule has 10 heteroatoms. The second kappa shape index (κ2) is 6.75. The lowest BCUT2D eigenvalue weighted by molar-refractivity contribution is -0.137. The molecule has 28 heavy (non-hydrogen) atoms. The molecule has 0 unspecified atom stereocenters. The van der Waals surface area contributed by atoms with Crippen molar-refractivity contribution in [2.24, 2.45) is 0 Å². The molecule has 4 rings (SSSR count). The average molecular weight is 409 g/mol. The van der Waals surface area contributed by atoms with E-state index >= 15 is 0 Å². The second-order valence-electron chi connectivity index (χ2n) is 5.73. The average Bonchev–Trinajstić information content (AvgIpc) is 3.03. The number of nitrogens with zero attached hydrogens (tertiary/aromatic N) is 4. The Morgan fingerprint density at radius 2 is 1.79 bits per heavy atom. The van der Waals surface area contributed by atoms with E-state index in [1.165, 1.54) is 28.8 Å². The highest BCUT2D eigenvalue weighted by atomic mass is 35.5. The van der Waals surface area contributed by atoms with E-state index in [9.17, 15) is 17.6 Å². The van der Waals surface area contributed by atoms with Crippen molar-refractivity contribution in [3.63, 3.8) is 0 Å². The number of aromatic nitrogens is 4. The third-order valence-electron chi connectivity index (χ3n) is 3.86. The summed E-state index contributed by atoms with van der Waals surface area (Å²) in [6, 6.07) is 11.1. The highest BCUT2D eigenvalue weighted by Gasteiger charge is 2.30. The summed E-state index contributed by atoms with van der Waals surface area (Å²) in [5, 5.41) is 11.6. The van der Waals surface area contributed by atoms with Crippen molar-refractivity contribution in [2.45, 2.75) is 6.18 Å². The van der Waals surface area contributed by atoms with Gasteiger partial charge in [0, 0.05) is 11.6 Å². The maximum Gasteiger partial charge on any atom is 0.416 e. The van der Waals surface area contributed by atoms with Crippen molar-refractivity contribution < 1.29 is 22.3 Å². The maximum atomic E-state index is 13.8. The Morgan fingerprint density at radius 3 is 2.57 bits per heavy atom. The summed E-state index contributed by atoms with van der Waals surface area (Å²) in [6.07, 6.45) is -4.53. The smallest absolute Gasteiger partial charge is 0.416 e.